The lowest BCUT2D eigenvalue weighted by molar-refractivity contribution is -0.123. The number of carbonyl (C=O) groups is 1. The smallest absolute Gasteiger partial charge is 0.248 e. The van der Waals surface area contributed by atoms with Gasteiger partial charge in [0.05, 0.1) is 28.4 Å². The highest BCUT2D eigenvalue weighted by atomic mass is 35.5. The van der Waals surface area contributed by atoms with Gasteiger partial charge in [-0.15, -0.1) is 5.10 Å². The topological polar surface area (TPSA) is 83.3 Å². The fraction of sp³-hybridized carbons (Fsp3) is 0.227. The lowest BCUT2D eigenvalue weighted by Crippen LogP contribution is -2.45. The molecule has 0 radical (unpaired) electrons. The molecule has 3 aromatic rings. The second-order valence-corrected chi connectivity index (χ2v) is 9.23. The minimum atomic E-state index is -0.469. The van der Waals surface area contributed by atoms with Crippen LogP contribution in [0.5, 0.6) is 0 Å². The summed E-state index contributed by atoms with van der Waals surface area (Å²) in [5.74, 6) is -0.123. The van der Waals surface area contributed by atoms with Crippen molar-refractivity contribution < 1.29 is 9.90 Å². The minimum Gasteiger partial charge on any atom is -0.392 e. The molecule has 0 aliphatic carbocycles. The number of aliphatic hydroxyl groups is 1. The molecule has 4 rings (SSSR count). The summed E-state index contributed by atoms with van der Waals surface area (Å²) in [6.07, 6.45) is 5.67. The van der Waals surface area contributed by atoms with Gasteiger partial charge in [0.15, 0.2) is 0 Å². The lowest BCUT2D eigenvalue weighted by Gasteiger charge is -2.30. The second-order valence-electron chi connectivity index (χ2n) is 7.34. The molecule has 166 valence electrons. The molecule has 0 spiro atoms. The highest BCUT2D eigenvalue weighted by molar-refractivity contribution is 7.97. The maximum Gasteiger partial charge on any atom is 0.248 e. The van der Waals surface area contributed by atoms with Crippen LogP contribution in [0.4, 0.5) is 0 Å². The molecule has 0 saturated heterocycles. The first-order valence-corrected chi connectivity index (χ1v) is 11.5. The number of rotatable bonds is 7. The Labute approximate surface area is 200 Å². The van der Waals surface area contributed by atoms with Crippen LogP contribution in [0.25, 0.3) is 0 Å². The third-order valence-electron chi connectivity index (χ3n) is 5.16. The number of hydrogen-bond acceptors (Lipinski definition) is 6. The van der Waals surface area contributed by atoms with E-state index in [1.165, 1.54) is 11.9 Å². The Balaban J connectivity index is 1.48. The number of nitrogens with zero attached hydrogens (tertiary/aromatic N) is 4. The number of hydrogen-bond donors (Lipinski definition) is 2. The average molecular weight is 490 g/mol. The van der Waals surface area contributed by atoms with E-state index < -0.39 is 6.04 Å². The summed E-state index contributed by atoms with van der Waals surface area (Å²) in [7, 11) is 0. The predicted molar refractivity (Wildman–Crippen MR) is 125 cm³/mol. The zero-order chi connectivity index (χ0) is 22.7. The number of benzene rings is 2. The van der Waals surface area contributed by atoms with Gasteiger partial charge in [0.1, 0.15) is 6.04 Å². The van der Waals surface area contributed by atoms with Crippen LogP contribution in [0.15, 0.2) is 66.0 Å². The van der Waals surface area contributed by atoms with E-state index in [0.29, 0.717) is 22.2 Å². The summed E-state index contributed by atoms with van der Waals surface area (Å²) in [5.41, 5.74) is 2.61. The van der Waals surface area contributed by atoms with Crippen molar-refractivity contribution in [2.45, 2.75) is 36.9 Å². The van der Waals surface area contributed by atoms with E-state index in [2.05, 4.69) is 15.6 Å². The summed E-state index contributed by atoms with van der Waals surface area (Å²) in [5, 5.41) is 21.5. The van der Waals surface area contributed by atoms with Crippen molar-refractivity contribution >= 4 is 41.1 Å². The zero-order valence-corrected chi connectivity index (χ0v) is 19.5. The normalized spacial score (nSPS) is 16.8. The van der Waals surface area contributed by atoms with Gasteiger partial charge >= 0.3 is 0 Å². The van der Waals surface area contributed by atoms with E-state index in [9.17, 15) is 9.90 Å². The van der Waals surface area contributed by atoms with E-state index >= 15 is 0 Å². The highest BCUT2D eigenvalue weighted by Crippen LogP contribution is 2.32. The molecular formula is C22H21Cl2N5O2S. The van der Waals surface area contributed by atoms with Crippen molar-refractivity contribution in [3.8, 4) is 0 Å². The van der Waals surface area contributed by atoms with Gasteiger partial charge in [0.25, 0.3) is 0 Å². The van der Waals surface area contributed by atoms with Crippen LogP contribution in [0.2, 0.25) is 10.0 Å². The molecule has 32 heavy (non-hydrogen) atoms. The molecule has 2 N–H and O–H groups in total. The van der Waals surface area contributed by atoms with Crippen molar-refractivity contribution in [3.05, 3.63) is 87.9 Å². The molecule has 1 aromatic heterocycles. The van der Waals surface area contributed by atoms with Crippen molar-refractivity contribution in [1.29, 1.82) is 0 Å². The van der Waals surface area contributed by atoms with Gasteiger partial charge in [-0.05, 0) is 48.2 Å². The lowest BCUT2D eigenvalue weighted by atomic mass is 10.1. The van der Waals surface area contributed by atoms with Crippen LogP contribution in [0, 0.1) is 0 Å². The zero-order valence-electron chi connectivity index (χ0n) is 17.2. The van der Waals surface area contributed by atoms with Crippen LogP contribution in [0.1, 0.15) is 29.8 Å². The Hall–Kier alpha value is -2.52. The quantitative estimate of drug-likeness (QED) is 0.483. The monoisotopic (exact) mass is 489 g/mol. The number of amides is 1. The summed E-state index contributed by atoms with van der Waals surface area (Å²) in [6, 6.07) is 12.6. The van der Waals surface area contributed by atoms with Crippen molar-refractivity contribution in [1.82, 2.24) is 24.6 Å². The molecule has 2 aromatic carbocycles. The largest absolute Gasteiger partial charge is 0.392 e. The molecule has 1 aliphatic heterocycles. The van der Waals surface area contributed by atoms with Crippen LogP contribution in [-0.4, -0.2) is 36.4 Å². The van der Waals surface area contributed by atoms with Crippen LogP contribution >= 0.6 is 35.1 Å². The van der Waals surface area contributed by atoms with Gasteiger partial charge in [-0.2, -0.15) is 0 Å². The summed E-state index contributed by atoms with van der Waals surface area (Å²) < 4.78 is 3.64. The molecule has 10 heteroatoms. The minimum absolute atomic E-state index is 0.0107. The number of aliphatic hydroxyl groups excluding tert-OH is 1. The number of aromatic nitrogens is 3. The van der Waals surface area contributed by atoms with Crippen molar-refractivity contribution in [3.63, 3.8) is 0 Å². The fourth-order valence-corrected chi connectivity index (χ4v) is 4.61. The second kappa shape index (κ2) is 9.95. The summed E-state index contributed by atoms with van der Waals surface area (Å²) in [4.78, 5) is 13.5. The summed E-state index contributed by atoms with van der Waals surface area (Å²) in [6.45, 7) is 2.03. The SMILES string of the molecule is C[C@H](c1ccc(CO)cc1)n1cc(C[C@@H]2C(=O)NC=CN2Sc2ccc(Cl)c(Cl)c2)nn1. The Bertz CT molecular complexity index is 1140. The van der Waals surface area contributed by atoms with Gasteiger partial charge < -0.3 is 14.7 Å². The van der Waals surface area contributed by atoms with Crippen LogP contribution < -0.4 is 5.32 Å². The number of carbonyl (C=O) groups excluding carboxylic acids is 1. The Kier molecular flexibility index (Phi) is 7.05. The first-order chi connectivity index (χ1) is 15.4. The first-order valence-electron chi connectivity index (χ1n) is 9.93. The fourth-order valence-electron chi connectivity index (χ4n) is 3.29. The predicted octanol–water partition coefficient (Wildman–Crippen LogP) is 4.21. The third kappa shape index (κ3) is 5.10. The molecule has 1 aliphatic rings. The summed E-state index contributed by atoms with van der Waals surface area (Å²) >= 11 is 13.5. The van der Waals surface area contributed by atoms with E-state index in [4.69, 9.17) is 23.2 Å². The molecule has 2 atom stereocenters. The van der Waals surface area contributed by atoms with E-state index in [1.54, 1.807) is 23.0 Å². The van der Waals surface area contributed by atoms with Crippen molar-refractivity contribution in [2.75, 3.05) is 0 Å². The third-order valence-corrected chi connectivity index (χ3v) is 6.95. The van der Waals surface area contributed by atoms with Crippen molar-refractivity contribution in [2.24, 2.45) is 0 Å². The standard InChI is InChI=1S/C22H21Cl2N5O2S/c1-14(16-4-2-15(13-30)3-5-16)28-12-17(26-27-28)10-21-22(31)25-8-9-29(21)32-18-6-7-19(23)20(24)11-18/h2-9,11-12,14,21,30H,10,13H2,1H3,(H,25,31)/t14-,21-/m1/s1. The van der Waals surface area contributed by atoms with Gasteiger partial charge in [0.2, 0.25) is 5.91 Å². The maximum atomic E-state index is 12.6. The highest BCUT2D eigenvalue weighted by Gasteiger charge is 2.29. The van der Waals surface area contributed by atoms with Gasteiger partial charge in [-0.25, -0.2) is 4.68 Å². The molecule has 1 amide bonds. The van der Waals surface area contributed by atoms with E-state index in [0.717, 1.165) is 16.0 Å². The van der Waals surface area contributed by atoms with Crippen LogP contribution in [0.3, 0.4) is 0 Å². The number of nitrogens with one attached hydrogen (secondary N) is 1. The average Bonchev–Trinajstić information content (AvgIpc) is 3.27. The van der Waals surface area contributed by atoms with Gasteiger partial charge in [-0.1, -0.05) is 52.7 Å². The van der Waals surface area contributed by atoms with Gasteiger partial charge in [0, 0.05) is 29.9 Å². The maximum absolute atomic E-state index is 12.6. The molecular weight excluding hydrogens is 469 g/mol. The van der Waals surface area contributed by atoms with E-state index in [-0.39, 0.29) is 18.6 Å². The molecule has 2 heterocycles. The van der Waals surface area contributed by atoms with Crippen LogP contribution in [-0.2, 0) is 17.8 Å². The first kappa shape index (κ1) is 22.7. The Morgan fingerprint density at radius 3 is 2.69 bits per heavy atom. The Morgan fingerprint density at radius 2 is 1.97 bits per heavy atom. The molecule has 7 nitrogen and oxygen atoms in total. The molecule has 0 saturated carbocycles. The van der Waals surface area contributed by atoms with E-state index in [1.807, 2.05) is 54.0 Å². The molecule has 0 bridgehead atoms. The molecule has 0 fully saturated rings. The Morgan fingerprint density at radius 1 is 1.19 bits per heavy atom. The van der Waals surface area contributed by atoms with Gasteiger partial charge in [-0.3, -0.25) is 4.79 Å². The molecule has 0 unspecified atom stereocenters. The number of halogens is 2.